The first kappa shape index (κ1) is 25.2. The van der Waals surface area contributed by atoms with Crippen LogP contribution in [-0.4, -0.2) is 34.3 Å². The first-order valence-electron chi connectivity index (χ1n) is 12.6. The van der Waals surface area contributed by atoms with Gasteiger partial charge in [-0.2, -0.15) is 0 Å². The lowest BCUT2D eigenvalue weighted by Gasteiger charge is -2.25. The summed E-state index contributed by atoms with van der Waals surface area (Å²) in [6.07, 6.45) is 0. The third-order valence-corrected chi connectivity index (χ3v) is 6.86. The van der Waals surface area contributed by atoms with E-state index in [1.54, 1.807) is 0 Å². The van der Waals surface area contributed by atoms with Gasteiger partial charge in [0.2, 0.25) is 0 Å². The van der Waals surface area contributed by atoms with E-state index in [9.17, 15) is 0 Å². The van der Waals surface area contributed by atoms with Crippen molar-refractivity contribution in [3.05, 3.63) is 94.3 Å². The highest BCUT2D eigenvalue weighted by molar-refractivity contribution is 6.30. The SMILES string of the molecule is CCOc1cccc(CN(Cc2ccc3c(c2)OCCO3)Cc2c(Cl)nc(-c3ccccc3C)n2C)c1. The minimum Gasteiger partial charge on any atom is -0.494 e. The predicted octanol–water partition coefficient (Wildman–Crippen LogP) is 6.42. The van der Waals surface area contributed by atoms with Crippen LogP contribution in [0, 0.1) is 6.92 Å². The minimum absolute atomic E-state index is 0.524. The van der Waals surface area contributed by atoms with Crippen molar-refractivity contribution in [3.63, 3.8) is 0 Å². The van der Waals surface area contributed by atoms with E-state index in [1.807, 2.05) is 44.3 Å². The van der Waals surface area contributed by atoms with Gasteiger partial charge in [0.05, 0.1) is 12.3 Å². The predicted molar refractivity (Wildman–Crippen MR) is 146 cm³/mol. The maximum atomic E-state index is 6.75. The number of hydrogen-bond donors (Lipinski definition) is 0. The highest BCUT2D eigenvalue weighted by atomic mass is 35.5. The molecule has 3 aromatic carbocycles. The van der Waals surface area contributed by atoms with Gasteiger partial charge in [-0.15, -0.1) is 0 Å². The Labute approximate surface area is 223 Å². The second-order valence-electron chi connectivity index (χ2n) is 9.25. The largest absolute Gasteiger partial charge is 0.494 e. The summed E-state index contributed by atoms with van der Waals surface area (Å²) in [6, 6.07) is 22.7. The first-order chi connectivity index (χ1) is 18.0. The zero-order chi connectivity index (χ0) is 25.8. The number of halogens is 1. The zero-order valence-electron chi connectivity index (χ0n) is 21.5. The molecule has 6 nitrogen and oxygen atoms in total. The number of rotatable bonds is 9. The van der Waals surface area contributed by atoms with Crippen LogP contribution in [0.1, 0.15) is 29.3 Å². The van der Waals surface area contributed by atoms with E-state index in [0.717, 1.165) is 46.4 Å². The van der Waals surface area contributed by atoms with Crippen LogP contribution in [0.3, 0.4) is 0 Å². The van der Waals surface area contributed by atoms with Crippen LogP contribution < -0.4 is 14.2 Å². The van der Waals surface area contributed by atoms with Crippen LogP contribution in [0.4, 0.5) is 0 Å². The molecule has 0 fully saturated rings. The monoisotopic (exact) mass is 517 g/mol. The van der Waals surface area contributed by atoms with Gasteiger partial charge in [0, 0.05) is 32.2 Å². The topological polar surface area (TPSA) is 48.8 Å². The summed E-state index contributed by atoms with van der Waals surface area (Å²) in [5, 5.41) is 0.524. The van der Waals surface area contributed by atoms with E-state index in [0.29, 0.717) is 38.1 Å². The standard InChI is InChI=1S/C30H32ClN3O3/c1-4-35-24-10-7-9-22(16-24)18-34(19-23-12-13-27-28(17-23)37-15-14-36-27)20-26-29(31)32-30(33(26)3)25-11-6-5-8-21(25)2/h5-13,16-17H,4,14-15,18-20H2,1-3H3. The zero-order valence-corrected chi connectivity index (χ0v) is 22.3. The van der Waals surface area contributed by atoms with Gasteiger partial charge in [-0.25, -0.2) is 4.98 Å². The molecule has 4 aromatic rings. The van der Waals surface area contributed by atoms with Crippen molar-refractivity contribution in [3.8, 4) is 28.6 Å². The van der Waals surface area contributed by atoms with Crippen LogP contribution in [-0.2, 0) is 26.7 Å². The van der Waals surface area contributed by atoms with E-state index in [2.05, 4.69) is 52.8 Å². The minimum atomic E-state index is 0.524. The molecule has 1 aliphatic heterocycles. The molecule has 0 saturated heterocycles. The highest BCUT2D eigenvalue weighted by Gasteiger charge is 2.20. The van der Waals surface area contributed by atoms with Crippen molar-refractivity contribution in [1.29, 1.82) is 0 Å². The lowest BCUT2D eigenvalue weighted by Crippen LogP contribution is -2.24. The molecule has 0 unspecified atom stereocenters. The molecule has 1 aromatic heterocycles. The van der Waals surface area contributed by atoms with E-state index in [1.165, 1.54) is 11.1 Å². The molecule has 0 aliphatic carbocycles. The van der Waals surface area contributed by atoms with E-state index in [4.69, 9.17) is 30.8 Å². The first-order valence-corrected chi connectivity index (χ1v) is 13.0. The Balaban J connectivity index is 1.46. The molecular formula is C30H32ClN3O3. The van der Waals surface area contributed by atoms with Crippen molar-refractivity contribution in [2.75, 3.05) is 19.8 Å². The molecule has 0 N–H and O–H groups in total. The molecule has 5 rings (SSSR count). The second-order valence-corrected chi connectivity index (χ2v) is 9.61. The van der Waals surface area contributed by atoms with Gasteiger partial charge in [-0.3, -0.25) is 4.90 Å². The maximum Gasteiger partial charge on any atom is 0.161 e. The van der Waals surface area contributed by atoms with Gasteiger partial charge >= 0.3 is 0 Å². The van der Waals surface area contributed by atoms with Gasteiger partial charge in [-0.05, 0) is 54.8 Å². The van der Waals surface area contributed by atoms with Crippen LogP contribution in [0.15, 0.2) is 66.7 Å². The van der Waals surface area contributed by atoms with E-state index in [-0.39, 0.29) is 0 Å². The molecule has 1 aliphatic rings. The molecule has 0 amide bonds. The lowest BCUT2D eigenvalue weighted by molar-refractivity contribution is 0.170. The number of aryl methyl sites for hydroxylation is 1. The Bertz CT molecular complexity index is 1380. The maximum absolute atomic E-state index is 6.75. The number of benzene rings is 3. The third-order valence-electron chi connectivity index (χ3n) is 6.55. The van der Waals surface area contributed by atoms with Crippen molar-refractivity contribution < 1.29 is 14.2 Å². The molecule has 0 bridgehead atoms. The molecule has 0 spiro atoms. The molecule has 37 heavy (non-hydrogen) atoms. The smallest absolute Gasteiger partial charge is 0.161 e. The summed E-state index contributed by atoms with van der Waals surface area (Å²) >= 11 is 6.75. The molecule has 192 valence electrons. The summed E-state index contributed by atoms with van der Waals surface area (Å²) in [4.78, 5) is 7.11. The highest BCUT2D eigenvalue weighted by Crippen LogP contribution is 2.32. The fourth-order valence-corrected chi connectivity index (χ4v) is 4.98. The quantitative estimate of drug-likeness (QED) is 0.256. The van der Waals surface area contributed by atoms with Crippen LogP contribution in [0.5, 0.6) is 17.2 Å². The summed E-state index contributed by atoms with van der Waals surface area (Å²) < 4.78 is 19.4. The Kier molecular flexibility index (Phi) is 7.68. The van der Waals surface area contributed by atoms with Crippen LogP contribution in [0.2, 0.25) is 5.15 Å². The third kappa shape index (κ3) is 5.76. The average Bonchev–Trinajstić information content (AvgIpc) is 3.17. The Morgan fingerprint density at radius 3 is 2.46 bits per heavy atom. The van der Waals surface area contributed by atoms with Crippen molar-refractivity contribution >= 4 is 11.6 Å². The molecule has 7 heteroatoms. The number of ether oxygens (including phenoxy) is 3. The van der Waals surface area contributed by atoms with Gasteiger partial charge in [0.15, 0.2) is 16.7 Å². The number of nitrogens with zero attached hydrogens (tertiary/aromatic N) is 3. The second kappa shape index (κ2) is 11.3. The van der Waals surface area contributed by atoms with Crippen molar-refractivity contribution in [2.24, 2.45) is 7.05 Å². The number of aromatic nitrogens is 2. The van der Waals surface area contributed by atoms with Gasteiger partial charge in [0.1, 0.15) is 24.8 Å². The fraction of sp³-hybridized carbons (Fsp3) is 0.300. The summed E-state index contributed by atoms with van der Waals surface area (Å²) in [5.41, 5.74) is 5.53. The van der Waals surface area contributed by atoms with Gasteiger partial charge < -0.3 is 18.8 Å². The molecule has 0 atom stereocenters. The number of hydrogen-bond acceptors (Lipinski definition) is 5. The summed E-state index contributed by atoms with van der Waals surface area (Å²) in [7, 11) is 2.04. The number of imidazole rings is 1. The van der Waals surface area contributed by atoms with Crippen molar-refractivity contribution in [2.45, 2.75) is 33.5 Å². The number of fused-ring (bicyclic) bond motifs is 1. The molecule has 0 radical (unpaired) electrons. The Morgan fingerprint density at radius 1 is 0.919 bits per heavy atom. The van der Waals surface area contributed by atoms with Crippen molar-refractivity contribution in [1.82, 2.24) is 14.5 Å². The summed E-state index contributed by atoms with van der Waals surface area (Å²) in [6.45, 7) is 7.92. The molecular weight excluding hydrogens is 486 g/mol. The van der Waals surface area contributed by atoms with E-state index < -0.39 is 0 Å². The Morgan fingerprint density at radius 2 is 1.68 bits per heavy atom. The van der Waals surface area contributed by atoms with Crippen LogP contribution >= 0.6 is 11.6 Å². The summed E-state index contributed by atoms with van der Waals surface area (Å²) in [5.74, 6) is 3.33. The fourth-order valence-electron chi connectivity index (χ4n) is 4.72. The van der Waals surface area contributed by atoms with Gasteiger partial charge in [0.25, 0.3) is 0 Å². The van der Waals surface area contributed by atoms with E-state index >= 15 is 0 Å². The lowest BCUT2D eigenvalue weighted by atomic mass is 10.1. The molecule has 0 saturated carbocycles. The average molecular weight is 518 g/mol. The Hall–Kier alpha value is -3.48. The normalized spacial score (nSPS) is 12.7. The van der Waals surface area contributed by atoms with Crippen LogP contribution in [0.25, 0.3) is 11.4 Å². The molecule has 2 heterocycles. The van der Waals surface area contributed by atoms with Gasteiger partial charge in [-0.1, -0.05) is 54.1 Å².